The minimum Gasteiger partial charge on any atom is -0.369 e. The van der Waals surface area contributed by atoms with Gasteiger partial charge in [0.15, 0.2) is 0 Å². The van der Waals surface area contributed by atoms with Crippen molar-refractivity contribution in [1.29, 1.82) is 0 Å². The summed E-state index contributed by atoms with van der Waals surface area (Å²) in [5, 5.41) is 13.0. The Morgan fingerprint density at radius 3 is 2.30 bits per heavy atom. The molecule has 1 N–H and O–H groups in total. The fourth-order valence-corrected chi connectivity index (χ4v) is 3.27. The molecule has 0 aliphatic carbocycles. The zero-order chi connectivity index (χ0) is 17.7. The van der Waals surface area contributed by atoms with Crippen LogP contribution in [0.3, 0.4) is 0 Å². The van der Waals surface area contributed by atoms with E-state index in [9.17, 15) is 18.5 Å². The molecule has 124 valence electrons. The molecule has 0 spiro atoms. The van der Waals surface area contributed by atoms with Crippen LogP contribution >= 0.6 is 15.9 Å². The molecule has 0 heterocycles. The summed E-state index contributed by atoms with van der Waals surface area (Å²) in [6.07, 6.45) is 7.34. The highest BCUT2D eigenvalue weighted by molar-refractivity contribution is 9.10. The third-order valence-corrected chi connectivity index (χ3v) is 5.77. The van der Waals surface area contributed by atoms with Crippen LogP contribution < -0.4 is 5.32 Å². The van der Waals surface area contributed by atoms with Crippen LogP contribution in [0.2, 0.25) is 0 Å². The van der Waals surface area contributed by atoms with Crippen molar-refractivity contribution < 1.29 is 13.3 Å². The average Bonchev–Trinajstić information content (AvgIpc) is 2.52. The van der Waals surface area contributed by atoms with Gasteiger partial charge in [-0.1, -0.05) is 35.7 Å². The minimum atomic E-state index is -4.25. The number of nitrogens with one attached hydrogen (secondary N) is 1. The van der Waals surface area contributed by atoms with Gasteiger partial charge in [-0.25, -0.2) is 8.42 Å². The van der Waals surface area contributed by atoms with E-state index >= 15 is 0 Å². The number of halogens is 1. The van der Waals surface area contributed by atoms with Gasteiger partial charge in [0.1, 0.15) is 0 Å². The number of hydrogen-bond acceptors (Lipinski definition) is 5. The molecule has 0 saturated heterocycles. The Bertz CT molecular complexity index is 745. The fraction of sp³-hybridized carbons (Fsp3) is 0.333. The first-order valence-electron chi connectivity index (χ1n) is 6.83. The molecule has 0 aliphatic rings. The smallest absolute Gasteiger partial charge is 0.369 e. The Balaban J connectivity index is 3.31. The van der Waals surface area contributed by atoms with Crippen LogP contribution in [0.5, 0.6) is 0 Å². The number of nitrogens with zero attached hydrogens (tertiary/aromatic N) is 1. The standard InChI is InChI=1S/C15H17BrN2O4S/c1-4-15(5-2,6-3)17-11-14(18(19)20)23(21,22)13-9-7-12(16)8-10-13/h1,7-11,17H,5-6H2,2-3H3. The Morgan fingerprint density at radius 2 is 1.91 bits per heavy atom. The van der Waals surface area contributed by atoms with Gasteiger partial charge in [0, 0.05) is 4.47 Å². The molecule has 0 amide bonds. The predicted octanol–water partition coefficient (Wildman–Crippen LogP) is 3.08. The summed E-state index contributed by atoms with van der Waals surface area (Å²) < 4.78 is 25.6. The molecule has 0 fully saturated rings. The van der Waals surface area contributed by atoms with Crippen molar-refractivity contribution >= 4 is 25.8 Å². The Kier molecular flexibility index (Phi) is 6.36. The average molecular weight is 401 g/mol. The van der Waals surface area contributed by atoms with E-state index in [-0.39, 0.29) is 4.90 Å². The molecule has 0 bridgehead atoms. The molecule has 0 unspecified atom stereocenters. The number of nitro groups is 1. The summed E-state index contributed by atoms with van der Waals surface area (Å²) in [6, 6.07) is 5.60. The number of benzene rings is 1. The highest BCUT2D eigenvalue weighted by Crippen LogP contribution is 2.22. The largest absolute Gasteiger partial charge is 0.379 e. The molecule has 1 aromatic rings. The lowest BCUT2D eigenvalue weighted by atomic mass is 9.94. The summed E-state index contributed by atoms with van der Waals surface area (Å²) in [6.45, 7) is 3.64. The van der Waals surface area contributed by atoms with Gasteiger partial charge in [0.2, 0.25) is 0 Å². The summed E-state index contributed by atoms with van der Waals surface area (Å²) in [5.41, 5.74) is -0.823. The third kappa shape index (κ3) is 4.33. The molecule has 8 heteroatoms. The summed E-state index contributed by atoms with van der Waals surface area (Å²) in [7, 11) is -4.25. The highest BCUT2D eigenvalue weighted by Gasteiger charge is 2.33. The van der Waals surface area contributed by atoms with E-state index in [4.69, 9.17) is 6.42 Å². The maximum Gasteiger partial charge on any atom is 0.379 e. The maximum atomic E-state index is 12.5. The topological polar surface area (TPSA) is 89.3 Å². The molecule has 0 aromatic heterocycles. The molecule has 0 radical (unpaired) electrons. The molecule has 0 saturated carbocycles. The van der Waals surface area contributed by atoms with Crippen LogP contribution in [-0.4, -0.2) is 18.9 Å². The summed E-state index contributed by atoms with van der Waals surface area (Å²) in [5.74, 6) is 2.53. The van der Waals surface area contributed by atoms with Gasteiger partial charge in [-0.15, -0.1) is 6.42 Å². The van der Waals surface area contributed by atoms with Crippen molar-refractivity contribution in [3.63, 3.8) is 0 Å². The lowest BCUT2D eigenvalue weighted by Gasteiger charge is -2.25. The number of rotatable bonds is 7. The fourth-order valence-electron chi connectivity index (χ4n) is 1.86. The van der Waals surface area contributed by atoms with Crippen LogP contribution in [0.15, 0.2) is 44.9 Å². The van der Waals surface area contributed by atoms with E-state index in [1.807, 2.05) is 13.8 Å². The Labute approximate surface area is 144 Å². The van der Waals surface area contributed by atoms with Crippen LogP contribution in [0.1, 0.15) is 26.7 Å². The molecular weight excluding hydrogens is 384 g/mol. The number of hydrogen-bond donors (Lipinski definition) is 1. The lowest BCUT2D eigenvalue weighted by Crippen LogP contribution is -2.40. The second-order valence-electron chi connectivity index (χ2n) is 4.77. The summed E-state index contributed by atoms with van der Waals surface area (Å²) in [4.78, 5) is 10.1. The van der Waals surface area contributed by atoms with Gasteiger partial charge in [-0.3, -0.25) is 10.1 Å². The van der Waals surface area contributed by atoms with Crippen molar-refractivity contribution in [2.24, 2.45) is 0 Å². The highest BCUT2D eigenvalue weighted by atomic mass is 79.9. The first-order valence-corrected chi connectivity index (χ1v) is 9.10. The van der Waals surface area contributed by atoms with Gasteiger partial charge in [-0.2, -0.15) is 0 Å². The van der Waals surface area contributed by atoms with Crippen molar-refractivity contribution in [2.75, 3.05) is 0 Å². The maximum absolute atomic E-state index is 12.5. The molecule has 6 nitrogen and oxygen atoms in total. The molecule has 1 rings (SSSR count). The van der Waals surface area contributed by atoms with Crippen LogP contribution in [0.4, 0.5) is 0 Å². The monoisotopic (exact) mass is 400 g/mol. The van der Waals surface area contributed by atoms with Gasteiger partial charge in [0.05, 0.1) is 21.6 Å². The van der Waals surface area contributed by atoms with Crippen molar-refractivity contribution in [3.05, 3.63) is 50.1 Å². The van der Waals surface area contributed by atoms with Gasteiger partial charge in [0.25, 0.3) is 9.84 Å². The third-order valence-electron chi connectivity index (χ3n) is 3.53. The second kappa shape index (κ2) is 7.62. The summed E-state index contributed by atoms with van der Waals surface area (Å²) >= 11 is 3.19. The van der Waals surface area contributed by atoms with Crippen molar-refractivity contribution in [2.45, 2.75) is 37.1 Å². The molecule has 0 aliphatic heterocycles. The SMILES string of the molecule is C#CC(CC)(CC)NC=C([N+](=O)[O-])S(=O)(=O)c1ccc(Br)cc1. The zero-order valence-electron chi connectivity index (χ0n) is 12.7. The predicted molar refractivity (Wildman–Crippen MR) is 91.7 cm³/mol. The zero-order valence-corrected chi connectivity index (χ0v) is 15.1. The van der Waals surface area contributed by atoms with Gasteiger partial charge < -0.3 is 5.32 Å². The van der Waals surface area contributed by atoms with E-state index in [1.165, 1.54) is 24.3 Å². The van der Waals surface area contributed by atoms with E-state index in [0.29, 0.717) is 17.3 Å². The van der Waals surface area contributed by atoms with E-state index in [0.717, 1.165) is 6.20 Å². The number of sulfone groups is 1. The quantitative estimate of drug-likeness (QED) is 0.431. The minimum absolute atomic E-state index is 0.162. The Morgan fingerprint density at radius 1 is 1.39 bits per heavy atom. The Hall–Kier alpha value is -1.85. The van der Waals surface area contributed by atoms with Crippen LogP contribution in [-0.2, 0) is 9.84 Å². The number of terminal acetylenes is 1. The first-order chi connectivity index (χ1) is 10.7. The van der Waals surface area contributed by atoms with Crippen molar-refractivity contribution in [3.8, 4) is 12.3 Å². The molecule has 1 aromatic carbocycles. The second-order valence-corrected chi connectivity index (χ2v) is 7.59. The first kappa shape index (κ1) is 19.2. The molecular formula is C15H17BrN2O4S. The van der Waals surface area contributed by atoms with Crippen LogP contribution in [0, 0.1) is 22.5 Å². The van der Waals surface area contributed by atoms with E-state index in [2.05, 4.69) is 27.2 Å². The normalized spacial score (nSPS) is 12.5. The van der Waals surface area contributed by atoms with Gasteiger partial charge >= 0.3 is 5.03 Å². The van der Waals surface area contributed by atoms with Gasteiger partial charge in [-0.05, 0) is 37.1 Å². The van der Waals surface area contributed by atoms with Crippen molar-refractivity contribution in [1.82, 2.24) is 5.32 Å². The molecule has 23 heavy (non-hydrogen) atoms. The van der Waals surface area contributed by atoms with E-state index < -0.39 is 25.3 Å². The molecule has 0 atom stereocenters. The van der Waals surface area contributed by atoms with E-state index in [1.54, 1.807) is 0 Å². The lowest BCUT2D eigenvalue weighted by molar-refractivity contribution is -0.412. The van der Waals surface area contributed by atoms with Crippen LogP contribution in [0.25, 0.3) is 0 Å².